The molecule has 156 valence electrons. The summed E-state index contributed by atoms with van der Waals surface area (Å²) in [5.41, 5.74) is 6.90. The molecule has 4 heteroatoms. The summed E-state index contributed by atoms with van der Waals surface area (Å²) in [6.45, 7) is 2.16. The van der Waals surface area contributed by atoms with E-state index in [0.29, 0.717) is 0 Å². The number of benzene rings is 4. The number of aryl methyl sites for hydroxylation is 1. The summed E-state index contributed by atoms with van der Waals surface area (Å²) in [5.74, 6) is 0.766. The summed E-state index contributed by atoms with van der Waals surface area (Å²) in [7, 11) is 0. The maximum Gasteiger partial charge on any atom is 0.159 e. The normalized spacial score (nSPS) is 11.8. The van der Waals surface area contributed by atoms with Gasteiger partial charge in [0.1, 0.15) is 0 Å². The van der Waals surface area contributed by atoms with Gasteiger partial charge in [-0.1, -0.05) is 54.6 Å². The molecule has 0 aliphatic carbocycles. The number of nitrogens with zero attached hydrogens (tertiary/aromatic N) is 3. The van der Waals surface area contributed by atoms with Crippen LogP contribution in [-0.4, -0.2) is 14.5 Å². The van der Waals surface area contributed by atoms with E-state index in [-0.39, 0.29) is 0 Å². The Morgan fingerprint density at radius 1 is 0.727 bits per heavy atom. The minimum absolute atomic E-state index is 0.766. The van der Waals surface area contributed by atoms with Crippen LogP contribution >= 0.6 is 11.3 Å². The highest BCUT2D eigenvalue weighted by Crippen LogP contribution is 2.37. The molecule has 0 fully saturated rings. The van der Waals surface area contributed by atoms with Crippen molar-refractivity contribution in [1.82, 2.24) is 14.5 Å². The van der Waals surface area contributed by atoms with E-state index < -0.39 is 0 Å². The Labute approximate surface area is 194 Å². The summed E-state index contributed by atoms with van der Waals surface area (Å²) < 4.78 is 4.75. The van der Waals surface area contributed by atoms with Crippen LogP contribution in [0.15, 0.2) is 97.2 Å². The minimum Gasteiger partial charge on any atom is -0.309 e. The van der Waals surface area contributed by atoms with E-state index in [9.17, 15) is 0 Å². The Morgan fingerprint density at radius 3 is 2.42 bits per heavy atom. The molecule has 0 bridgehead atoms. The molecule has 3 aromatic heterocycles. The highest BCUT2D eigenvalue weighted by atomic mass is 32.1. The number of fused-ring (bicyclic) bond motifs is 6. The molecule has 0 amide bonds. The van der Waals surface area contributed by atoms with Crippen LogP contribution in [0.4, 0.5) is 0 Å². The Bertz CT molecular complexity index is 1830. The van der Waals surface area contributed by atoms with Crippen molar-refractivity contribution in [3.05, 3.63) is 103 Å². The fraction of sp³-hybridized carbons (Fsp3) is 0.0345. The number of aromatic nitrogens is 3. The van der Waals surface area contributed by atoms with Crippen LogP contribution in [0, 0.1) is 6.92 Å². The maximum absolute atomic E-state index is 5.02. The first-order valence-electron chi connectivity index (χ1n) is 11.0. The van der Waals surface area contributed by atoms with Gasteiger partial charge in [0.05, 0.1) is 21.3 Å². The van der Waals surface area contributed by atoms with Gasteiger partial charge in [-0.3, -0.25) is 0 Å². The van der Waals surface area contributed by atoms with Gasteiger partial charge in [-0.2, -0.15) is 0 Å². The Kier molecular flexibility index (Phi) is 3.93. The lowest BCUT2D eigenvalue weighted by molar-refractivity contribution is 1.18. The van der Waals surface area contributed by atoms with E-state index in [1.807, 2.05) is 6.20 Å². The molecular formula is C29H19N3S. The predicted molar refractivity (Wildman–Crippen MR) is 139 cm³/mol. The topological polar surface area (TPSA) is 30.7 Å². The Hall–Kier alpha value is -4.02. The third-order valence-electron chi connectivity index (χ3n) is 6.38. The van der Waals surface area contributed by atoms with Crippen LogP contribution < -0.4 is 0 Å². The fourth-order valence-electron chi connectivity index (χ4n) is 4.83. The third kappa shape index (κ3) is 2.74. The molecule has 7 aromatic rings. The van der Waals surface area contributed by atoms with E-state index in [4.69, 9.17) is 9.97 Å². The van der Waals surface area contributed by atoms with Gasteiger partial charge >= 0.3 is 0 Å². The molecule has 0 aliphatic rings. The molecule has 0 N–H and O–H groups in total. The second kappa shape index (κ2) is 6.99. The van der Waals surface area contributed by atoms with Gasteiger partial charge in [-0.25, -0.2) is 9.97 Å². The molecule has 33 heavy (non-hydrogen) atoms. The zero-order chi connectivity index (χ0) is 21.9. The van der Waals surface area contributed by atoms with Gasteiger partial charge in [0.25, 0.3) is 0 Å². The lowest BCUT2D eigenvalue weighted by Gasteiger charge is -2.07. The number of thiophene rings is 1. The van der Waals surface area contributed by atoms with Crippen LogP contribution in [0.25, 0.3) is 59.2 Å². The first-order valence-corrected chi connectivity index (χ1v) is 11.8. The molecule has 0 aliphatic heterocycles. The molecule has 4 aromatic carbocycles. The SMILES string of the molecule is Cc1cccc2c1sc1cnc(-c3ccc4c(c3)c3ccccc3n4-c3ccccc3)nc12. The molecule has 0 spiro atoms. The second-order valence-corrected chi connectivity index (χ2v) is 9.43. The van der Waals surface area contributed by atoms with E-state index in [1.165, 1.54) is 37.5 Å². The Balaban J connectivity index is 1.48. The van der Waals surface area contributed by atoms with E-state index in [1.54, 1.807) is 11.3 Å². The van der Waals surface area contributed by atoms with Gasteiger partial charge < -0.3 is 4.57 Å². The van der Waals surface area contributed by atoms with Crippen molar-refractivity contribution in [3.63, 3.8) is 0 Å². The summed E-state index contributed by atoms with van der Waals surface area (Å²) in [6.07, 6.45) is 1.97. The molecule has 0 atom stereocenters. The standard InChI is InChI=1S/C29H19N3S/c1-18-8-7-12-22-27-26(33-28(18)22)17-30-29(31-27)19-14-15-25-23(16-19)21-11-5-6-13-24(21)32(25)20-9-3-2-4-10-20/h2-17H,1H3. The molecule has 3 heterocycles. The number of hydrogen-bond acceptors (Lipinski definition) is 3. The number of para-hydroxylation sites is 2. The molecule has 3 nitrogen and oxygen atoms in total. The van der Waals surface area contributed by atoms with Gasteiger partial charge in [-0.15, -0.1) is 11.3 Å². The average molecular weight is 442 g/mol. The first kappa shape index (κ1) is 18.5. The van der Waals surface area contributed by atoms with Crippen molar-refractivity contribution < 1.29 is 0 Å². The van der Waals surface area contributed by atoms with Crippen LogP contribution in [-0.2, 0) is 0 Å². The van der Waals surface area contributed by atoms with Crippen LogP contribution in [0.1, 0.15) is 5.56 Å². The molecule has 0 unspecified atom stereocenters. The van der Waals surface area contributed by atoms with Gasteiger partial charge in [-0.05, 0) is 48.9 Å². The minimum atomic E-state index is 0.766. The number of hydrogen-bond donors (Lipinski definition) is 0. The zero-order valence-corrected chi connectivity index (χ0v) is 18.8. The first-order chi connectivity index (χ1) is 16.3. The van der Waals surface area contributed by atoms with E-state index in [0.717, 1.165) is 27.3 Å². The van der Waals surface area contributed by atoms with Crippen molar-refractivity contribution >= 4 is 53.4 Å². The van der Waals surface area contributed by atoms with Gasteiger partial charge in [0.15, 0.2) is 5.82 Å². The van der Waals surface area contributed by atoms with Gasteiger partial charge in [0.2, 0.25) is 0 Å². The quantitative estimate of drug-likeness (QED) is 0.273. The molecule has 0 saturated carbocycles. The third-order valence-corrected chi connectivity index (χ3v) is 7.64. The van der Waals surface area contributed by atoms with Crippen LogP contribution in [0.5, 0.6) is 0 Å². The molecular weight excluding hydrogens is 422 g/mol. The van der Waals surface area contributed by atoms with Crippen LogP contribution in [0.3, 0.4) is 0 Å². The van der Waals surface area contributed by atoms with E-state index in [2.05, 4.69) is 102 Å². The zero-order valence-electron chi connectivity index (χ0n) is 18.0. The second-order valence-electron chi connectivity index (χ2n) is 8.38. The lowest BCUT2D eigenvalue weighted by Crippen LogP contribution is -1.93. The van der Waals surface area contributed by atoms with E-state index >= 15 is 0 Å². The Morgan fingerprint density at radius 2 is 1.52 bits per heavy atom. The van der Waals surface area contributed by atoms with Crippen molar-refractivity contribution in [2.45, 2.75) is 6.92 Å². The molecule has 0 radical (unpaired) electrons. The summed E-state index contributed by atoms with van der Waals surface area (Å²) in [4.78, 5) is 9.77. The number of rotatable bonds is 2. The smallest absolute Gasteiger partial charge is 0.159 e. The average Bonchev–Trinajstić information content (AvgIpc) is 3.40. The summed E-state index contributed by atoms with van der Waals surface area (Å²) in [6, 6.07) is 32.1. The highest BCUT2D eigenvalue weighted by Gasteiger charge is 2.15. The van der Waals surface area contributed by atoms with Crippen molar-refractivity contribution in [2.24, 2.45) is 0 Å². The lowest BCUT2D eigenvalue weighted by atomic mass is 10.1. The molecule has 0 saturated heterocycles. The van der Waals surface area contributed by atoms with Crippen molar-refractivity contribution in [1.29, 1.82) is 0 Å². The van der Waals surface area contributed by atoms with Crippen molar-refractivity contribution in [2.75, 3.05) is 0 Å². The van der Waals surface area contributed by atoms with Crippen molar-refractivity contribution in [3.8, 4) is 17.1 Å². The molecule has 7 rings (SSSR count). The predicted octanol–water partition coefficient (Wildman–Crippen LogP) is 7.92. The summed E-state index contributed by atoms with van der Waals surface area (Å²) in [5, 5.41) is 3.65. The monoisotopic (exact) mass is 441 g/mol. The van der Waals surface area contributed by atoms with Gasteiger partial charge in [0, 0.05) is 38.3 Å². The fourth-order valence-corrected chi connectivity index (χ4v) is 5.91. The van der Waals surface area contributed by atoms with Crippen LogP contribution in [0.2, 0.25) is 0 Å². The summed E-state index contributed by atoms with van der Waals surface area (Å²) >= 11 is 1.77. The largest absolute Gasteiger partial charge is 0.309 e. The highest BCUT2D eigenvalue weighted by molar-refractivity contribution is 7.25. The maximum atomic E-state index is 5.02.